The molecule has 0 aromatic carbocycles. The second kappa shape index (κ2) is 6.94. The van der Waals surface area contributed by atoms with E-state index in [1.807, 2.05) is 28.8 Å². The predicted molar refractivity (Wildman–Crippen MR) is 92.0 cm³/mol. The summed E-state index contributed by atoms with van der Waals surface area (Å²) in [5, 5.41) is 7.86. The van der Waals surface area contributed by atoms with Crippen molar-refractivity contribution in [2.75, 3.05) is 44.7 Å². The Labute approximate surface area is 140 Å². The molecule has 7 nitrogen and oxygen atoms in total. The van der Waals surface area contributed by atoms with Crippen molar-refractivity contribution in [3.63, 3.8) is 0 Å². The Kier molecular flexibility index (Phi) is 4.35. The Morgan fingerprint density at radius 1 is 1.08 bits per heavy atom. The molecule has 0 radical (unpaired) electrons. The minimum absolute atomic E-state index is 0.824. The number of morpholine rings is 1. The molecule has 1 saturated heterocycles. The molecule has 3 aromatic heterocycles. The van der Waals surface area contributed by atoms with E-state index in [1.54, 1.807) is 18.6 Å². The summed E-state index contributed by atoms with van der Waals surface area (Å²) in [7, 11) is 0. The maximum atomic E-state index is 5.39. The summed E-state index contributed by atoms with van der Waals surface area (Å²) in [4.78, 5) is 11.1. The molecule has 0 spiro atoms. The van der Waals surface area contributed by atoms with Crippen LogP contribution in [0.2, 0.25) is 0 Å². The summed E-state index contributed by atoms with van der Waals surface area (Å²) in [6.45, 7) is 5.48. The first-order valence-electron chi connectivity index (χ1n) is 8.19. The number of nitrogens with zero attached hydrogens (tertiary/aromatic N) is 5. The third kappa shape index (κ3) is 3.22. The fourth-order valence-electron chi connectivity index (χ4n) is 2.88. The van der Waals surface area contributed by atoms with Gasteiger partial charge in [-0.2, -0.15) is 9.61 Å². The molecule has 1 fully saturated rings. The van der Waals surface area contributed by atoms with Gasteiger partial charge in [0.25, 0.3) is 0 Å². The minimum atomic E-state index is 0.824. The highest BCUT2D eigenvalue weighted by Gasteiger charge is 2.11. The summed E-state index contributed by atoms with van der Waals surface area (Å²) in [6, 6.07) is 7.88. The van der Waals surface area contributed by atoms with E-state index in [0.717, 1.165) is 62.1 Å². The Morgan fingerprint density at radius 2 is 1.92 bits per heavy atom. The fourth-order valence-corrected chi connectivity index (χ4v) is 2.88. The van der Waals surface area contributed by atoms with Crippen LogP contribution in [-0.4, -0.2) is 63.9 Å². The number of fused-ring (bicyclic) bond motifs is 1. The Hall–Kier alpha value is -2.51. The highest BCUT2D eigenvalue weighted by molar-refractivity contribution is 5.65. The van der Waals surface area contributed by atoms with Gasteiger partial charge in [-0.15, -0.1) is 0 Å². The molecule has 0 saturated carbocycles. The lowest BCUT2D eigenvalue weighted by molar-refractivity contribution is 0.0398. The first-order valence-corrected chi connectivity index (χ1v) is 8.19. The molecule has 0 aliphatic carbocycles. The van der Waals surface area contributed by atoms with E-state index >= 15 is 0 Å². The number of aromatic nitrogens is 4. The van der Waals surface area contributed by atoms with Gasteiger partial charge in [0.2, 0.25) is 0 Å². The zero-order valence-corrected chi connectivity index (χ0v) is 13.4. The topological polar surface area (TPSA) is 67.6 Å². The molecule has 1 aliphatic heterocycles. The van der Waals surface area contributed by atoms with Crippen molar-refractivity contribution in [1.29, 1.82) is 0 Å². The molecule has 1 N–H and O–H groups in total. The first kappa shape index (κ1) is 15.0. The van der Waals surface area contributed by atoms with Crippen LogP contribution in [0.25, 0.3) is 16.9 Å². The summed E-state index contributed by atoms with van der Waals surface area (Å²) in [6.07, 6.45) is 5.33. The van der Waals surface area contributed by atoms with Crippen LogP contribution >= 0.6 is 0 Å². The number of hydrogen-bond acceptors (Lipinski definition) is 6. The molecule has 1 aliphatic rings. The lowest BCUT2D eigenvalue weighted by Crippen LogP contribution is -2.39. The van der Waals surface area contributed by atoms with Gasteiger partial charge in [0.15, 0.2) is 5.65 Å². The van der Waals surface area contributed by atoms with Crippen molar-refractivity contribution in [2.24, 2.45) is 0 Å². The van der Waals surface area contributed by atoms with Crippen LogP contribution in [0, 0.1) is 0 Å². The zero-order valence-electron chi connectivity index (χ0n) is 13.4. The van der Waals surface area contributed by atoms with Crippen LogP contribution in [0.5, 0.6) is 0 Å². The minimum Gasteiger partial charge on any atom is -0.379 e. The first-order chi connectivity index (χ1) is 11.9. The van der Waals surface area contributed by atoms with Crippen LogP contribution in [0.1, 0.15) is 0 Å². The quantitative estimate of drug-likeness (QED) is 0.768. The maximum Gasteiger partial charge on any atom is 0.157 e. The van der Waals surface area contributed by atoms with Gasteiger partial charge < -0.3 is 10.1 Å². The van der Waals surface area contributed by atoms with E-state index in [-0.39, 0.29) is 0 Å². The van der Waals surface area contributed by atoms with Crippen LogP contribution in [-0.2, 0) is 4.74 Å². The third-order valence-corrected chi connectivity index (χ3v) is 4.17. The fraction of sp³-hybridized carbons (Fsp3) is 0.353. The average molecular weight is 324 g/mol. The Balaban J connectivity index is 1.54. The van der Waals surface area contributed by atoms with Crippen molar-refractivity contribution in [1.82, 2.24) is 24.5 Å². The van der Waals surface area contributed by atoms with Crippen LogP contribution in [0.3, 0.4) is 0 Å². The summed E-state index contributed by atoms with van der Waals surface area (Å²) < 4.78 is 7.22. The smallest absolute Gasteiger partial charge is 0.157 e. The molecule has 24 heavy (non-hydrogen) atoms. The molecular weight excluding hydrogens is 304 g/mol. The largest absolute Gasteiger partial charge is 0.379 e. The molecule has 0 bridgehead atoms. The van der Waals surface area contributed by atoms with Crippen LogP contribution < -0.4 is 5.32 Å². The Bertz CT molecular complexity index is 797. The van der Waals surface area contributed by atoms with E-state index in [0.29, 0.717) is 0 Å². The van der Waals surface area contributed by atoms with Crippen molar-refractivity contribution in [2.45, 2.75) is 0 Å². The summed E-state index contributed by atoms with van der Waals surface area (Å²) in [5.41, 5.74) is 2.79. The predicted octanol–water partition coefficient (Wildman–Crippen LogP) is 1.54. The van der Waals surface area contributed by atoms with Crippen LogP contribution in [0.4, 0.5) is 5.82 Å². The molecule has 7 heteroatoms. The number of anilines is 1. The molecule has 0 atom stereocenters. The van der Waals surface area contributed by atoms with Gasteiger partial charge in [-0.3, -0.25) is 9.88 Å². The zero-order chi connectivity index (χ0) is 16.2. The molecule has 0 unspecified atom stereocenters. The lowest BCUT2D eigenvalue weighted by atomic mass is 10.2. The van der Waals surface area contributed by atoms with Gasteiger partial charge in [0, 0.05) is 56.3 Å². The van der Waals surface area contributed by atoms with E-state index in [9.17, 15) is 0 Å². The van der Waals surface area contributed by atoms with Crippen molar-refractivity contribution >= 4 is 11.5 Å². The van der Waals surface area contributed by atoms with E-state index in [4.69, 9.17) is 4.74 Å². The van der Waals surface area contributed by atoms with E-state index in [2.05, 4.69) is 25.3 Å². The van der Waals surface area contributed by atoms with Gasteiger partial charge in [0.1, 0.15) is 5.82 Å². The third-order valence-electron chi connectivity index (χ3n) is 4.17. The van der Waals surface area contributed by atoms with E-state index < -0.39 is 0 Å². The van der Waals surface area contributed by atoms with E-state index in [1.165, 1.54) is 0 Å². The second-order valence-electron chi connectivity index (χ2n) is 5.74. The highest BCUT2D eigenvalue weighted by Crippen LogP contribution is 2.21. The highest BCUT2D eigenvalue weighted by atomic mass is 16.5. The number of pyridine rings is 1. The molecule has 124 valence electrons. The van der Waals surface area contributed by atoms with Gasteiger partial charge >= 0.3 is 0 Å². The molecular formula is C17H20N6O. The van der Waals surface area contributed by atoms with Gasteiger partial charge in [-0.25, -0.2) is 4.98 Å². The molecule has 4 heterocycles. The second-order valence-corrected chi connectivity index (χ2v) is 5.74. The number of rotatable bonds is 5. The number of hydrogen-bond donors (Lipinski definition) is 1. The standard InChI is InChI=1S/C17H20N6O/c1-4-18-5-2-14(1)15-13-17(23-16(21-15)3-6-20-23)19-7-8-22-9-11-24-12-10-22/h1-6,13,19H,7-12H2. The Morgan fingerprint density at radius 3 is 2.75 bits per heavy atom. The lowest BCUT2D eigenvalue weighted by Gasteiger charge is -2.26. The molecule has 3 aromatic rings. The summed E-state index contributed by atoms with van der Waals surface area (Å²) >= 11 is 0. The van der Waals surface area contributed by atoms with Crippen molar-refractivity contribution < 1.29 is 4.74 Å². The summed E-state index contributed by atoms with van der Waals surface area (Å²) in [5.74, 6) is 0.949. The monoisotopic (exact) mass is 324 g/mol. The molecule has 0 amide bonds. The van der Waals surface area contributed by atoms with Gasteiger partial charge in [-0.05, 0) is 12.1 Å². The number of nitrogens with one attached hydrogen (secondary N) is 1. The average Bonchev–Trinajstić information content (AvgIpc) is 3.12. The van der Waals surface area contributed by atoms with Gasteiger partial charge in [-0.1, -0.05) is 0 Å². The molecule has 4 rings (SSSR count). The van der Waals surface area contributed by atoms with Crippen LogP contribution in [0.15, 0.2) is 42.9 Å². The van der Waals surface area contributed by atoms with Gasteiger partial charge in [0.05, 0.1) is 25.1 Å². The number of ether oxygens (including phenoxy) is 1. The SMILES string of the molecule is c1cc(-c2cc(NCCN3CCOCC3)n3nccc3n2)ccn1. The van der Waals surface area contributed by atoms with Crippen molar-refractivity contribution in [3.8, 4) is 11.3 Å². The normalized spacial score (nSPS) is 15.7. The van der Waals surface area contributed by atoms with Crippen molar-refractivity contribution in [3.05, 3.63) is 42.9 Å². The maximum absolute atomic E-state index is 5.39.